The first-order chi connectivity index (χ1) is 8.10. The number of amides is 2. The van der Waals surface area contributed by atoms with E-state index in [2.05, 4.69) is 12.2 Å². The fourth-order valence-corrected chi connectivity index (χ4v) is 2.93. The van der Waals surface area contributed by atoms with Gasteiger partial charge in [0.1, 0.15) is 11.6 Å². The molecule has 0 radical (unpaired) electrons. The van der Waals surface area contributed by atoms with E-state index in [-0.39, 0.29) is 17.9 Å². The smallest absolute Gasteiger partial charge is 0.248 e. The molecule has 1 unspecified atom stereocenters. The Bertz CT molecular complexity index is 321. The molecule has 1 heterocycles. The van der Waals surface area contributed by atoms with Gasteiger partial charge < -0.3 is 10.2 Å². The normalized spacial score (nSPS) is 27.6. The third kappa shape index (κ3) is 2.05. The Hall–Kier alpha value is -1.06. The Labute approximate surface area is 103 Å². The molecular formula is C13H22N2O2. The van der Waals surface area contributed by atoms with Crippen molar-refractivity contribution in [3.63, 3.8) is 0 Å². The number of nitrogens with one attached hydrogen (secondary N) is 1. The van der Waals surface area contributed by atoms with Crippen molar-refractivity contribution in [1.29, 1.82) is 0 Å². The molecule has 0 aromatic rings. The minimum Gasteiger partial charge on any atom is -0.340 e. The molecule has 1 saturated carbocycles. The minimum absolute atomic E-state index is 0.0163. The van der Waals surface area contributed by atoms with Gasteiger partial charge in [-0.15, -0.1) is 0 Å². The van der Waals surface area contributed by atoms with Crippen LogP contribution in [0, 0.1) is 0 Å². The zero-order valence-corrected chi connectivity index (χ0v) is 10.8. The number of carbonyl (C=O) groups is 2. The van der Waals surface area contributed by atoms with Crippen molar-refractivity contribution in [3.8, 4) is 0 Å². The predicted molar refractivity (Wildman–Crippen MR) is 65.4 cm³/mol. The van der Waals surface area contributed by atoms with Crippen LogP contribution in [0.5, 0.6) is 0 Å². The van der Waals surface area contributed by atoms with Crippen molar-refractivity contribution in [2.75, 3.05) is 6.54 Å². The summed E-state index contributed by atoms with van der Waals surface area (Å²) < 4.78 is 0. The van der Waals surface area contributed by atoms with Gasteiger partial charge in [0.05, 0.1) is 0 Å². The molecule has 2 aliphatic rings. The Morgan fingerprint density at radius 2 is 2.00 bits per heavy atom. The largest absolute Gasteiger partial charge is 0.340 e. The molecule has 0 aromatic heterocycles. The number of unbranched alkanes of at least 4 members (excludes halogenated alkanes) is 1. The topological polar surface area (TPSA) is 49.4 Å². The lowest BCUT2D eigenvalue weighted by molar-refractivity contribution is -0.154. The second-order valence-corrected chi connectivity index (χ2v) is 5.31. The van der Waals surface area contributed by atoms with E-state index in [9.17, 15) is 9.59 Å². The summed E-state index contributed by atoms with van der Waals surface area (Å²) in [6.45, 7) is 4.64. The zero-order chi connectivity index (χ0) is 12.5. The molecule has 96 valence electrons. The summed E-state index contributed by atoms with van der Waals surface area (Å²) in [6.07, 6.45) is 5.73. The van der Waals surface area contributed by atoms with Crippen molar-refractivity contribution in [2.24, 2.45) is 0 Å². The van der Waals surface area contributed by atoms with Gasteiger partial charge >= 0.3 is 0 Å². The average molecular weight is 238 g/mol. The molecule has 1 spiro atoms. The van der Waals surface area contributed by atoms with Crippen molar-refractivity contribution in [2.45, 2.75) is 64.0 Å². The highest BCUT2D eigenvalue weighted by Crippen LogP contribution is 2.34. The SMILES string of the molecule is CCCCN1C(=O)C2(CCCC2)NC(=O)C1C. The van der Waals surface area contributed by atoms with Crippen molar-refractivity contribution in [3.05, 3.63) is 0 Å². The molecular weight excluding hydrogens is 216 g/mol. The average Bonchev–Trinajstić information content (AvgIpc) is 2.76. The maximum Gasteiger partial charge on any atom is 0.248 e. The third-order valence-corrected chi connectivity index (χ3v) is 4.09. The van der Waals surface area contributed by atoms with Gasteiger partial charge in [0.25, 0.3) is 0 Å². The lowest BCUT2D eigenvalue weighted by Crippen LogP contribution is -2.68. The van der Waals surface area contributed by atoms with Crippen molar-refractivity contribution in [1.82, 2.24) is 10.2 Å². The Morgan fingerprint density at radius 3 is 2.59 bits per heavy atom. The summed E-state index contributed by atoms with van der Waals surface area (Å²) in [5, 5.41) is 2.97. The summed E-state index contributed by atoms with van der Waals surface area (Å²) in [5.41, 5.74) is -0.558. The zero-order valence-electron chi connectivity index (χ0n) is 10.8. The third-order valence-electron chi connectivity index (χ3n) is 4.09. The van der Waals surface area contributed by atoms with Crippen LogP contribution < -0.4 is 5.32 Å². The predicted octanol–water partition coefficient (Wildman–Crippen LogP) is 1.45. The minimum atomic E-state index is -0.558. The first-order valence-corrected chi connectivity index (χ1v) is 6.74. The monoisotopic (exact) mass is 238 g/mol. The highest BCUT2D eigenvalue weighted by Gasteiger charge is 2.50. The molecule has 2 amide bonds. The molecule has 2 rings (SSSR count). The molecule has 4 nitrogen and oxygen atoms in total. The van der Waals surface area contributed by atoms with E-state index in [1.54, 1.807) is 4.90 Å². The summed E-state index contributed by atoms with van der Waals surface area (Å²) in [6, 6.07) is -0.305. The van der Waals surface area contributed by atoms with Gasteiger partial charge in [-0.2, -0.15) is 0 Å². The maximum atomic E-state index is 12.5. The molecule has 2 fully saturated rings. The van der Waals surface area contributed by atoms with E-state index in [1.807, 2.05) is 6.92 Å². The van der Waals surface area contributed by atoms with Gasteiger partial charge in [-0.1, -0.05) is 26.2 Å². The molecule has 0 aromatic carbocycles. The Kier molecular flexibility index (Phi) is 3.40. The summed E-state index contributed by atoms with van der Waals surface area (Å²) in [5.74, 6) is 0.165. The van der Waals surface area contributed by atoms with Crippen LogP contribution in [0.15, 0.2) is 0 Å². The summed E-state index contributed by atoms with van der Waals surface area (Å²) in [7, 11) is 0. The highest BCUT2D eigenvalue weighted by molar-refractivity contribution is 5.99. The number of rotatable bonds is 3. The molecule has 1 atom stereocenters. The van der Waals surface area contributed by atoms with Gasteiger partial charge in [0.15, 0.2) is 0 Å². The lowest BCUT2D eigenvalue weighted by Gasteiger charge is -2.43. The van der Waals surface area contributed by atoms with Crippen LogP contribution in [0.25, 0.3) is 0 Å². The number of carbonyl (C=O) groups excluding carboxylic acids is 2. The van der Waals surface area contributed by atoms with Gasteiger partial charge in [-0.05, 0) is 26.2 Å². The van der Waals surface area contributed by atoms with Gasteiger partial charge in [0, 0.05) is 6.54 Å². The lowest BCUT2D eigenvalue weighted by atomic mass is 9.91. The Morgan fingerprint density at radius 1 is 1.35 bits per heavy atom. The van der Waals surface area contributed by atoms with Crippen molar-refractivity contribution >= 4 is 11.8 Å². The number of piperazine rings is 1. The molecule has 0 bridgehead atoms. The molecule has 4 heteroatoms. The number of hydrogen-bond donors (Lipinski definition) is 1. The molecule has 1 N–H and O–H groups in total. The molecule has 1 saturated heterocycles. The van der Waals surface area contributed by atoms with Gasteiger partial charge in [-0.3, -0.25) is 9.59 Å². The highest BCUT2D eigenvalue weighted by atomic mass is 16.2. The van der Waals surface area contributed by atoms with Crippen LogP contribution in [0.1, 0.15) is 52.4 Å². The van der Waals surface area contributed by atoms with E-state index in [0.29, 0.717) is 6.54 Å². The van der Waals surface area contributed by atoms with Gasteiger partial charge in [0.2, 0.25) is 11.8 Å². The quantitative estimate of drug-likeness (QED) is 0.809. The molecule has 1 aliphatic heterocycles. The van der Waals surface area contributed by atoms with Crippen molar-refractivity contribution < 1.29 is 9.59 Å². The fraction of sp³-hybridized carbons (Fsp3) is 0.846. The van der Waals surface area contributed by atoms with Crippen LogP contribution in [-0.4, -0.2) is 34.8 Å². The first-order valence-electron chi connectivity index (χ1n) is 6.74. The number of nitrogens with zero attached hydrogens (tertiary/aromatic N) is 1. The molecule has 1 aliphatic carbocycles. The van der Waals surface area contributed by atoms with Crippen LogP contribution in [0.3, 0.4) is 0 Å². The van der Waals surface area contributed by atoms with E-state index < -0.39 is 5.54 Å². The first kappa shape index (κ1) is 12.4. The summed E-state index contributed by atoms with van der Waals surface area (Å²) >= 11 is 0. The second kappa shape index (κ2) is 4.67. The van der Waals surface area contributed by atoms with E-state index in [1.165, 1.54) is 0 Å². The van der Waals surface area contributed by atoms with Crippen LogP contribution in [-0.2, 0) is 9.59 Å². The van der Waals surface area contributed by atoms with Crippen LogP contribution >= 0.6 is 0 Å². The maximum absolute atomic E-state index is 12.5. The van der Waals surface area contributed by atoms with E-state index >= 15 is 0 Å². The standard InChI is InChI=1S/C13H22N2O2/c1-3-4-9-15-10(2)11(16)14-13(12(15)17)7-5-6-8-13/h10H,3-9H2,1-2H3,(H,14,16). The van der Waals surface area contributed by atoms with Crippen LogP contribution in [0.2, 0.25) is 0 Å². The van der Waals surface area contributed by atoms with Gasteiger partial charge in [-0.25, -0.2) is 0 Å². The van der Waals surface area contributed by atoms with Crippen LogP contribution in [0.4, 0.5) is 0 Å². The second-order valence-electron chi connectivity index (χ2n) is 5.31. The summed E-state index contributed by atoms with van der Waals surface area (Å²) in [4.78, 5) is 26.3. The molecule has 17 heavy (non-hydrogen) atoms. The van der Waals surface area contributed by atoms with E-state index in [4.69, 9.17) is 0 Å². The fourth-order valence-electron chi connectivity index (χ4n) is 2.93. The number of hydrogen-bond acceptors (Lipinski definition) is 2. The Balaban J connectivity index is 2.18. The van der Waals surface area contributed by atoms with E-state index in [0.717, 1.165) is 38.5 Å².